The van der Waals surface area contributed by atoms with Gasteiger partial charge in [0.15, 0.2) is 0 Å². The molecule has 0 spiro atoms. The lowest BCUT2D eigenvalue weighted by molar-refractivity contribution is -0.140. The maximum absolute atomic E-state index is 12.8. The lowest BCUT2D eigenvalue weighted by Crippen LogP contribution is -2.41. The molecule has 0 aliphatic carbocycles. The minimum atomic E-state index is -1.38. The van der Waals surface area contributed by atoms with E-state index in [2.05, 4.69) is 61.4 Å². The van der Waals surface area contributed by atoms with Gasteiger partial charge in [-0.2, -0.15) is 0 Å². The minimum absolute atomic E-state index is 0.0434. The SMILES string of the molecule is CC(C)(C)c1ccc(-c2cccc(-c3nc4c(ccc5cc(C(=O)NC(CCC(=O)O)C(=O)O)cc(O)c54)[nH]3)c2)cc1. The molecule has 1 atom stereocenters. The molecular formula is C33H31N3O6. The van der Waals surface area contributed by atoms with E-state index in [0.717, 1.165) is 16.7 Å². The van der Waals surface area contributed by atoms with Crippen LogP contribution in [-0.4, -0.2) is 49.2 Å². The number of phenolic OH excluding ortho intramolecular Hbond substituents is 1. The van der Waals surface area contributed by atoms with Crippen LogP contribution in [0.25, 0.3) is 44.3 Å². The maximum atomic E-state index is 12.8. The fourth-order valence-electron chi connectivity index (χ4n) is 4.95. The van der Waals surface area contributed by atoms with E-state index in [1.165, 1.54) is 17.7 Å². The summed E-state index contributed by atoms with van der Waals surface area (Å²) in [6.07, 6.45) is -0.678. The van der Waals surface area contributed by atoms with Gasteiger partial charge in [0.05, 0.1) is 10.9 Å². The van der Waals surface area contributed by atoms with Gasteiger partial charge in [-0.05, 0) is 58.2 Å². The van der Waals surface area contributed by atoms with Crippen LogP contribution in [0.2, 0.25) is 0 Å². The third-order valence-electron chi connectivity index (χ3n) is 7.28. The molecule has 5 rings (SSSR count). The fraction of sp³-hybridized carbons (Fsp3) is 0.212. The second-order valence-electron chi connectivity index (χ2n) is 11.3. The zero-order valence-electron chi connectivity index (χ0n) is 23.4. The third-order valence-corrected chi connectivity index (χ3v) is 7.28. The number of H-pyrrole nitrogens is 1. The van der Waals surface area contributed by atoms with Crippen molar-refractivity contribution in [1.29, 1.82) is 0 Å². The molecule has 9 nitrogen and oxygen atoms in total. The number of carboxylic acid groups (broad SMARTS) is 2. The average molecular weight is 566 g/mol. The number of nitrogens with zero attached hydrogens (tertiary/aromatic N) is 1. The number of hydrogen-bond acceptors (Lipinski definition) is 5. The highest BCUT2D eigenvalue weighted by Crippen LogP contribution is 2.35. The second kappa shape index (κ2) is 11.0. The number of rotatable bonds is 8. The van der Waals surface area contributed by atoms with Crippen LogP contribution in [0, 0.1) is 0 Å². The summed E-state index contributed by atoms with van der Waals surface area (Å²) in [6, 6.07) is 21.5. The maximum Gasteiger partial charge on any atom is 0.326 e. The van der Waals surface area contributed by atoms with Gasteiger partial charge in [-0.1, -0.05) is 69.3 Å². The number of carboxylic acids is 2. The van der Waals surface area contributed by atoms with Gasteiger partial charge in [0.1, 0.15) is 23.1 Å². The molecule has 1 heterocycles. The third kappa shape index (κ3) is 5.81. The number of imidazole rings is 1. The Hall–Kier alpha value is -5.18. The monoisotopic (exact) mass is 565 g/mol. The lowest BCUT2D eigenvalue weighted by atomic mass is 9.86. The second-order valence-corrected chi connectivity index (χ2v) is 11.3. The summed E-state index contributed by atoms with van der Waals surface area (Å²) in [7, 11) is 0. The molecule has 0 aliphatic heterocycles. The van der Waals surface area contributed by atoms with Crippen molar-refractivity contribution < 1.29 is 29.7 Å². The first-order valence-electron chi connectivity index (χ1n) is 13.5. The van der Waals surface area contributed by atoms with Crippen LogP contribution in [0.15, 0.2) is 72.8 Å². The zero-order valence-corrected chi connectivity index (χ0v) is 23.4. The van der Waals surface area contributed by atoms with Gasteiger partial charge < -0.3 is 25.6 Å². The first-order chi connectivity index (χ1) is 19.9. The van der Waals surface area contributed by atoms with E-state index in [9.17, 15) is 24.6 Å². The molecule has 0 bridgehead atoms. The summed E-state index contributed by atoms with van der Waals surface area (Å²) in [6.45, 7) is 6.55. The predicted molar refractivity (Wildman–Crippen MR) is 161 cm³/mol. The van der Waals surface area contributed by atoms with E-state index in [1.807, 2.05) is 18.2 Å². The summed E-state index contributed by atoms with van der Waals surface area (Å²) in [5.41, 5.74) is 5.59. The molecule has 1 aromatic heterocycles. The standard InChI is InChI=1S/C33H31N3O6/c1-33(2,3)23-10-7-18(8-11-23)19-5-4-6-21(15-19)30-34-24-12-9-20-16-22(17-26(37)28(20)29(24)36-30)31(40)35-25(32(41)42)13-14-27(38)39/h4-12,15-17,25,37H,13-14H2,1-3H3,(H,34,36)(H,35,40)(H,38,39)(H,41,42). The number of benzene rings is 4. The number of nitrogens with one attached hydrogen (secondary N) is 2. The molecule has 0 saturated heterocycles. The smallest absolute Gasteiger partial charge is 0.326 e. The highest BCUT2D eigenvalue weighted by molar-refractivity contribution is 6.11. The number of amides is 1. The van der Waals surface area contributed by atoms with Crippen molar-refractivity contribution in [1.82, 2.24) is 15.3 Å². The van der Waals surface area contributed by atoms with E-state index in [4.69, 9.17) is 10.1 Å². The first kappa shape index (κ1) is 28.4. The lowest BCUT2D eigenvalue weighted by Gasteiger charge is -2.19. The Kier molecular flexibility index (Phi) is 7.43. The number of aromatic amines is 1. The van der Waals surface area contributed by atoms with Gasteiger partial charge in [0, 0.05) is 17.5 Å². The zero-order chi connectivity index (χ0) is 30.2. The number of carbonyl (C=O) groups excluding carboxylic acids is 1. The molecule has 1 unspecified atom stereocenters. The number of aliphatic carboxylic acids is 2. The Balaban J connectivity index is 1.46. The topological polar surface area (TPSA) is 153 Å². The van der Waals surface area contributed by atoms with E-state index in [0.29, 0.717) is 27.6 Å². The fourth-order valence-corrected chi connectivity index (χ4v) is 4.95. The van der Waals surface area contributed by atoms with Crippen molar-refractivity contribution in [3.8, 4) is 28.3 Å². The molecular weight excluding hydrogens is 534 g/mol. The summed E-state index contributed by atoms with van der Waals surface area (Å²) >= 11 is 0. The molecule has 4 aromatic carbocycles. The van der Waals surface area contributed by atoms with Gasteiger partial charge in [-0.15, -0.1) is 0 Å². The molecule has 5 aromatic rings. The Bertz CT molecular complexity index is 1830. The molecule has 0 aliphatic rings. The van der Waals surface area contributed by atoms with Crippen LogP contribution in [-0.2, 0) is 15.0 Å². The van der Waals surface area contributed by atoms with Crippen molar-refractivity contribution in [3.05, 3.63) is 83.9 Å². The van der Waals surface area contributed by atoms with Crippen LogP contribution in [0.4, 0.5) is 0 Å². The number of phenols is 1. The Morgan fingerprint density at radius 1 is 0.905 bits per heavy atom. The van der Waals surface area contributed by atoms with Crippen LogP contribution >= 0.6 is 0 Å². The van der Waals surface area contributed by atoms with Crippen molar-refractivity contribution in [3.63, 3.8) is 0 Å². The van der Waals surface area contributed by atoms with Crippen molar-refractivity contribution in [2.24, 2.45) is 0 Å². The van der Waals surface area contributed by atoms with E-state index in [-0.39, 0.29) is 23.1 Å². The van der Waals surface area contributed by atoms with Crippen molar-refractivity contribution in [2.45, 2.75) is 45.1 Å². The van der Waals surface area contributed by atoms with Crippen LogP contribution in [0.3, 0.4) is 0 Å². The number of fused-ring (bicyclic) bond motifs is 3. The number of aromatic nitrogens is 2. The molecule has 0 radical (unpaired) electrons. The number of hydrogen-bond donors (Lipinski definition) is 5. The van der Waals surface area contributed by atoms with Gasteiger partial charge in [-0.25, -0.2) is 9.78 Å². The quantitative estimate of drug-likeness (QED) is 0.152. The van der Waals surface area contributed by atoms with Crippen LogP contribution in [0.1, 0.15) is 49.5 Å². The Morgan fingerprint density at radius 2 is 1.62 bits per heavy atom. The molecule has 5 N–H and O–H groups in total. The summed E-state index contributed by atoms with van der Waals surface area (Å²) < 4.78 is 0. The number of carbonyl (C=O) groups is 3. The average Bonchev–Trinajstić information content (AvgIpc) is 3.39. The van der Waals surface area contributed by atoms with E-state index < -0.39 is 30.3 Å². The summed E-state index contributed by atoms with van der Waals surface area (Å²) in [5.74, 6) is -2.81. The van der Waals surface area contributed by atoms with E-state index >= 15 is 0 Å². The summed E-state index contributed by atoms with van der Waals surface area (Å²) in [4.78, 5) is 43.3. The normalized spacial score (nSPS) is 12.4. The van der Waals surface area contributed by atoms with Gasteiger partial charge in [-0.3, -0.25) is 9.59 Å². The molecule has 214 valence electrons. The van der Waals surface area contributed by atoms with Crippen LogP contribution < -0.4 is 5.32 Å². The largest absolute Gasteiger partial charge is 0.507 e. The van der Waals surface area contributed by atoms with Gasteiger partial charge >= 0.3 is 11.9 Å². The molecule has 0 saturated carbocycles. The van der Waals surface area contributed by atoms with Gasteiger partial charge in [0.2, 0.25) is 0 Å². The minimum Gasteiger partial charge on any atom is -0.507 e. The number of aromatic hydroxyl groups is 1. The molecule has 1 amide bonds. The molecule has 9 heteroatoms. The van der Waals surface area contributed by atoms with Gasteiger partial charge in [0.25, 0.3) is 5.91 Å². The van der Waals surface area contributed by atoms with Crippen molar-refractivity contribution in [2.75, 3.05) is 0 Å². The Morgan fingerprint density at radius 3 is 2.29 bits per heavy atom. The van der Waals surface area contributed by atoms with Crippen molar-refractivity contribution >= 4 is 39.7 Å². The predicted octanol–water partition coefficient (Wildman–Crippen LogP) is 6.10. The first-order valence-corrected chi connectivity index (χ1v) is 13.5. The molecule has 0 fully saturated rings. The highest BCUT2D eigenvalue weighted by atomic mass is 16.4. The Labute approximate surface area is 241 Å². The highest BCUT2D eigenvalue weighted by Gasteiger charge is 2.23. The van der Waals surface area contributed by atoms with Crippen LogP contribution in [0.5, 0.6) is 5.75 Å². The summed E-state index contributed by atoms with van der Waals surface area (Å²) in [5, 5.41) is 32.5. The van der Waals surface area contributed by atoms with E-state index in [1.54, 1.807) is 12.1 Å². The molecule has 42 heavy (non-hydrogen) atoms.